The van der Waals surface area contributed by atoms with Crippen LogP contribution in [-0.2, 0) is 26.3 Å². The van der Waals surface area contributed by atoms with Gasteiger partial charge in [-0.05, 0) is 30.9 Å². The fourth-order valence-electron chi connectivity index (χ4n) is 3.56. The predicted octanol–water partition coefficient (Wildman–Crippen LogP) is 0.326. The SMILES string of the molecule is CN(Cc1ccccn1)C(=O)[C@@H]1C[C@@H]2CCN(S(=O)(=O)N(C)C)C[C@H]2O1. The van der Waals surface area contributed by atoms with Crippen LogP contribution in [0.2, 0.25) is 0 Å². The van der Waals surface area contributed by atoms with Crippen LogP contribution < -0.4 is 0 Å². The van der Waals surface area contributed by atoms with Crippen LogP contribution in [0.1, 0.15) is 18.5 Å². The van der Waals surface area contributed by atoms with Gasteiger partial charge in [0.25, 0.3) is 16.1 Å². The highest BCUT2D eigenvalue weighted by Crippen LogP contribution is 2.35. The molecule has 9 heteroatoms. The monoisotopic (exact) mass is 382 g/mol. The van der Waals surface area contributed by atoms with E-state index in [4.69, 9.17) is 4.74 Å². The molecule has 144 valence electrons. The van der Waals surface area contributed by atoms with Gasteiger partial charge >= 0.3 is 0 Å². The molecule has 0 aliphatic carbocycles. The highest BCUT2D eigenvalue weighted by Gasteiger charge is 2.45. The summed E-state index contributed by atoms with van der Waals surface area (Å²) < 4.78 is 33.2. The van der Waals surface area contributed by atoms with Crippen molar-refractivity contribution < 1.29 is 17.9 Å². The number of amides is 1. The fraction of sp³-hybridized carbons (Fsp3) is 0.647. The lowest BCUT2D eigenvalue weighted by molar-refractivity contribution is -0.142. The van der Waals surface area contributed by atoms with Crippen molar-refractivity contribution in [2.45, 2.75) is 31.6 Å². The zero-order chi connectivity index (χ0) is 18.9. The molecule has 2 saturated heterocycles. The van der Waals surface area contributed by atoms with Crippen molar-refractivity contribution in [2.75, 3.05) is 34.2 Å². The Morgan fingerprint density at radius 2 is 2.12 bits per heavy atom. The number of rotatable bonds is 5. The van der Waals surface area contributed by atoms with Gasteiger partial charge in [-0.1, -0.05) is 6.07 Å². The van der Waals surface area contributed by atoms with E-state index in [0.29, 0.717) is 32.5 Å². The van der Waals surface area contributed by atoms with Crippen molar-refractivity contribution in [2.24, 2.45) is 5.92 Å². The molecular formula is C17H26N4O4S. The molecule has 1 aromatic rings. The highest BCUT2D eigenvalue weighted by atomic mass is 32.2. The summed E-state index contributed by atoms with van der Waals surface area (Å²) in [6.45, 7) is 1.20. The van der Waals surface area contributed by atoms with E-state index in [1.165, 1.54) is 22.7 Å². The van der Waals surface area contributed by atoms with Crippen LogP contribution in [0.25, 0.3) is 0 Å². The van der Waals surface area contributed by atoms with Gasteiger partial charge in [0.05, 0.1) is 18.3 Å². The van der Waals surface area contributed by atoms with Crippen molar-refractivity contribution >= 4 is 16.1 Å². The number of fused-ring (bicyclic) bond motifs is 1. The van der Waals surface area contributed by atoms with Crippen LogP contribution in [0.15, 0.2) is 24.4 Å². The smallest absolute Gasteiger partial charge is 0.281 e. The number of aromatic nitrogens is 1. The van der Waals surface area contributed by atoms with Gasteiger partial charge in [0.15, 0.2) is 0 Å². The maximum Gasteiger partial charge on any atom is 0.281 e. The average molecular weight is 382 g/mol. The Balaban J connectivity index is 1.60. The van der Waals surface area contributed by atoms with Crippen molar-refractivity contribution in [1.29, 1.82) is 0 Å². The van der Waals surface area contributed by atoms with Crippen LogP contribution in [0.3, 0.4) is 0 Å². The molecule has 3 rings (SSSR count). The van der Waals surface area contributed by atoms with Crippen LogP contribution >= 0.6 is 0 Å². The first-order valence-corrected chi connectivity index (χ1v) is 10.2. The number of hydrogen-bond donors (Lipinski definition) is 0. The third-order valence-electron chi connectivity index (χ3n) is 5.08. The Kier molecular flexibility index (Phi) is 5.61. The zero-order valence-electron chi connectivity index (χ0n) is 15.4. The summed E-state index contributed by atoms with van der Waals surface area (Å²) in [5.74, 6) is 0.146. The second kappa shape index (κ2) is 7.59. The number of ether oxygens (including phenoxy) is 1. The molecule has 2 fully saturated rings. The predicted molar refractivity (Wildman–Crippen MR) is 96.3 cm³/mol. The number of pyridine rings is 1. The molecule has 1 amide bonds. The summed E-state index contributed by atoms with van der Waals surface area (Å²) in [6.07, 6.45) is 2.32. The molecule has 0 radical (unpaired) electrons. The number of hydrogen-bond acceptors (Lipinski definition) is 5. The van der Waals surface area contributed by atoms with Crippen molar-refractivity contribution in [3.05, 3.63) is 30.1 Å². The Morgan fingerprint density at radius 1 is 1.35 bits per heavy atom. The first-order valence-electron chi connectivity index (χ1n) is 8.77. The molecule has 2 aliphatic heterocycles. The summed E-state index contributed by atoms with van der Waals surface area (Å²) in [4.78, 5) is 18.6. The minimum absolute atomic E-state index is 0.0768. The molecule has 0 saturated carbocycles. The van der Waals surface area contributed by atoms with Gasteiger partial charge < -0.3 is 9.64 Å². The van der Waals surface area contributed by atoms with Gasteiger partial charge in [0.1, 0.15) is 6.10 Å². The molecule has 3 atom stereocenters. The van der Waals surface area contributed by atoms with Crippen LogP contribution in [0, 0.1) is 5.92 Å². The van der Waals surface area contributed by atoms with E-state index in [1.807, 2.05) is 18.2 Å². The molecule has 8 nitrogen and oxygen atoms in total. The van der Waals surface area contributed by atoms with E-state index >= 15 is 0 Å². The van der Waals surface area contributed by atoms with Crippen molar-refractivity contribution in [1.82, 2.24) is 18.5 Å². The molecule has 2 aliphatic rings. The quantitative estimate of drug-likeness (QED) is 0.733. The minimum atomic E-state index is -3.45. The van der Waals surface area contributed by atoms with E-state index in [1.54, 1.807) is 18.1 Å². The highest BCUT2D eigenvalue weighted by molar-refractivity contribution is 7.86. The number of nitrogens with zero attached hydrogens (tertiary/aromatic N) is 4. The van der Waals surface area contributed by atoms with E-state index in [9.17, 15) is 13.2 Å². The van der Waals surface area contributed by atoms with Crippen molar-refractivity contribution in [3.8, 4) is 0 Å². The summed E-state index contributed by atoms with van der Waals surface area (Å²) in [5, 5.41) is 0. The van der Waals surface area contributed by atoms with Crippen molar-refractivity contribution in [3.63, 3.8) is 0 Å². The van der Waals surface area contributed by atoms with Crippen LogP contribution in [-0.4, -0.2) is 79.3 Å². The number of carbonyl (C=O) groups is 1. The van der Waals surface area contributed by atoms with Gasteiger partial charge in [-0.2, -0.15) is 17.0 Å². The zero-order valence-corrected chi connectivity index (χ0v) is 16.2. The summed E-state index contributed by atoms with van der Waals surface area (Å²) in [7, 11) is 1.34. The lowest BCUT2D eigenvalue weighted by atomic mass is 9.92. The van der Waals surface area contributed by atoms with Crippen LogP contribution in [0.5, 0.6) is 0 Å². The summed E-state index contributed by atoms with van der Waals surface area (Å²) >= 11 is 0. The summed E-state index contributed by atoms with van der Waals surface area (Å²) in [6, 6.07) is 5.60. The first-order chi connectivity index (χ1) is 12.3. The lowest BCUT2D eigenvalue weighted by Gasteiger charge is -2.34. The van der Waals surface area contributed by atoms with Gasteiger partial charge in [0, 0.05) is 40.4 Å². The molecule has 0 N–H and O–H groups in total. The standard InChI is InChI=1S/C17H26N4O4S/c1-19(2)26(23,24)21-9-7-13-10-15(25-16(13)12-21)17(22)20(3)11-14-6-4-5-8-18-14/h4-6,8,13,15-16H,7,9-12H2,1-3H3/t13-,15-,16+/m0/s1. The molecule has 0 unspecified atom stereocenters. The molecule has 3 heterocycles. The minimum Gasteiger partial charge on any atom is -0.363 e. The van der Waals surface area contributed by atoms with Gasteiger partial charge in [0.2, 0.25) is 0 Å². The normalized spacial score (nSPS) is 26.7. The van der Waals surface area contributed by atoms with Gasteiger partial charge in [-0.3, -0.25) is 9.78 Å². The van der Waals surface area contributed by atoms with Gasteiger partial charge in [-0.15, -0.1) is 0 Å². The Morgan fingerprint density at radius 3 is 2.77 bits per heavy atom. The maximum atomic E-state index is 12.7. The van der Waals surface area contributed by atoms with Crippen LogP contribution in [0.4, 0.5) is 0 Å². The molecule has 26 heavy (non-hydrogen) atoms. The van der Waals surface area contributed by atoms with E-state index in [0.717, 1.165) is 5.69 Å². The molecule has 0 aromatic carbocycles. The Bertz CT molecular complexity index is 740. The first kappa shape index (κ1) is 19.2. The topological polar surface area (TPSA) is 83.1 Å². The Labute approximate surface area is 154 Å². The molecule has 0 spiro atoms. The molecular weight excluding hydrogens is 356 g/mol. The van der Waals surface area contributed by atoms with E-state index in [2.05, 4.69) is 4.98 Å². The third-order valence-corrected chi connectivity index (χ3v) is 6.99. The maximum absolute atomic E-state index is 12.7. The second-order valence-electron chi connectivity index (χ2n) is 7.11. The fourth-order valence-corrected chi connectivity index (χ4v) is 4.69. The van der Waals surface area contributed by atoms with Gasteiger partial charge in [-0.25, -0.2) is 0 Å². The average Bonchev–Trinajstić information content (AvgIpc) is 3.04. The van der Waals surface area contributed by atoms with E-state index < -0.39 is 16.3 Å². The second-order valence-corrected chi connectivity index (χ2v) is 9.25. The van der Waals surface area contributed by atoms with E-state index in [-0.39, 0.29) is 17.9 Å². The Hall–Kier alpha value is -1.55. The number of carbonyl (C=O) groups excluding carboxylic acids is 1. The summed E-state index contributed by atoms with van der Waals surface area (Å²) in [5.41, 5.74) is 0.821. The molecule has 0 bridgehead atoms. The largest absolute Gasteiger partial charge is 0.363 e. The third kappa shape index (κ3) is 3.90. The lowest BCUT2D eigenvalue weighted by Crippen LogP contribution is -2.49. The number of likely N-dealkylation sites (N-methyl/N-ethyl adjacent to an activating group) is 1. The number of piperidine rings is 1. The molecule has 1 aromatic heterocycles.